The van der Waals surface area contributed by atoms with E-state index in [0.29, 0.717) is 0 Å². The van der Waals surface area contributed by atoms with Gasteiger partial charge in [-0.3, -0.25) is 9.69 Å². The van der Waals surface area contributed by atoms with Crippen LogP contribution in [0.2, 0.25) is 0 Å². The monoisotopic (exact) mass is 465 g/mol. The summed E-state index contributed by atoms with van der Waals surface area (Å²) in [5, 5.41) is 7.81. The number of nitrogens with one attached hydrogen (secondary N) is 1. The maximum absolute atomic E-state index is 12.7. The van der Waals surface area contributed by atoms with E-state index in [1.807, 2.05) is 12.1 Å². The molecule has 0 radical (unpaired) electrons. The number of rotatable bonds is 7. The van der Waals surface area contributed by atoms with Crippen LogP contribution < -0.4 is 10.2 Å². The second kappa shape index (κ2) is 10.5. The van der Waals surface area contributed by atoms with Crippen molar-refractivity contribution in [3.05, 3.63) is 89.5 Å². The molecule has 0 aromatic heterocycles. The van der Waals surface area contributed by atoms with Gasteiger partial charge in [0.05, 0.1) is 0 Å². The van der Waals surface area contributed by atoms with Crippen molar-refractivity contribution < 1.29 is 4.79 Å². The largest absolute Gasteiger partial charge is 0.369 e. The molecule has 1 aliphatic rings. The van der Waals surface area contributed by atoms with Crippen LogP contribution in [0.3, 0.4) is 0 Å². The lowest BCUT2D eigenvalue weighted by molar-refractivity contribution is 0.0952. The molecule has 4 nitrogen and oxygen atoms in total. The number of hydrogen-bond acceptors (Lipinski definition) is 3. The van der Waals surface area contributed by atoms with Gasteiger partial charge in [-0.1, -0.05) is 42.5 Å². The van der Waals surface area contributed by atoms with Crippen LogP contribution in [0.15, 0.2) is 72.8 Å². The van der Waals surface area contributed by atoms with E-state index in [-0.39, 0.29) is 5.91 Å². The van der Waals surface area contributed by atoms with E-state index in [1.165, 1.54) is 27.6 Å². The van der Waals surface area contributed by atoms with Gasteiger partial charge < -0.3 is 10.2 Å². The molecular formula is C31H35N3O. The summed E-state index contributed by atoms with van der Waals surface area (Å²) in [5.41, 5.74) is 4.88. The van der Waals surface area contributed by atoms with Crippen LogP contribution in [0.1, 0.15) is 34.3 Å². The molecular weight excluding hydrogens is 430 g/mol. The van der Waals surface area contributed by atoms with E-state index in [0.717, 1.165) is 68.4 Å². The smallest absolute Gasteiger partial charge is 0.251 e. The van der Waals surface area contributed by atoms with Crippen molar-refractivity contribution in [2.75, 3.05) is 44.2 Å². The number of benzene rings is 4. The highest BCUT2D eigenvalue weighted by molar-refractivity contribution is 6.03. The average Bonchev–Trinajstić information content (AvgIpc) is 2.89. The zero-order chi connectivity index (χ0) is 24.2. The summed E-state index contributed by atoms with van der Waals surface area (Å²) >= 11 is 0. The minimum atomic E-state index is 0.0159. The van der Waals surface area contributed by atoms with Crippen LogP contribution in [0, 0.1) is 13.8 Å². The fraction of sp³-hybridized carbons (Fsp3) is 0.323. The first-order chi connectivity index (χ1) is 17.1. The van der Waals surface area contributed by atoms with E-state index >= 15 is 0 Å². The molecule has 0 saturated carbocycles. The zero-order valence-electron chi connectivity index (χ0n) is 20.9. The van der Waals surface area contributed by atoms with E-state index in [2.05, 4.69) is 89.6 Å². The Bertz CT molecular complexity index is 1340. The van der Waals surface area contributed by atoms with Crippen LogP contribution in [0.25, 0.3) is 21.5 Å². The summed E-state index contributed by atoms with van der Waals surface area (Å²) in [4.78, 5) is 17.8. The van der Waals surface area contributed by atoms with E-state index in [9.17, 15) is 4.79 Å². The Morgan fingerprint density at radius 1 is 0.771 bits per heavy atom. The second-order valence-electron chi connectivity index (χ2n) is 9.77. The Labute approximate surface area is 208 Å². The number of piperazine rings is 1. The van der Waals surface area contributed by atoms with Gasteiger partial charge in [0.25, 0.3) is 5.91 Å². The Morgan fingerprint density at radius 3 is 2.26 bits per heavy atom. The molecule has 5 rings (SSSR count). The number of hydrogen-bond donors (Lipinski definition) is 1. The molecule has 35 heavy (non-hydrogen) atoms. The van der Waals surface area contributed by atoms with Gasteiger partial charge in [-0.15, -0.1) is 0 Å². The summed E-state index contributed by atoms with van der Waals surface area (Å²) in [6.45, 7) is 10.6. The Kier molecular flexibility index (Phi) is 7.01. The third-order valence-corrected chi connectivity index (χ3v) is 7.44. The van der Waals surface area contributed by atoms with Gasteiger partial charge in [0.1, 0.15) is 0 Å². The van der Waals surface area contributed by atoms with Gasteiger partial charge >= 0.3 is 0 Å². The number of anilines is 1. The summed E-state index contributed by atoms with van der Waals surface area (Å²) in [6, 6.07) is 25.3. The Hall–Kier alpha value is -3.37. The first kappa shape index (κ1) is 23.4. The summed E-state index contributed by atoms with van der Waals surface area (Å²) < 4.78 is 0. The molecule has 1 saturated heterocycles. The van der Waals surface area contributed by atoms with Crippen molar-refractivity contribution in [1.29, 1.82) is 0 Å². The van der Waals surface area contributed by atoms with Crippen molar-refractivity contribution in [2.24, 2.45) is 0 Å². The normalized spacial score (nSPS) is 14.5. The maximum atomic E-state index is 12.7. The predicted octanol–water partition coefficient (Wildman–Crippen LogP) is 5.94. The van der Waals surface area contributed by atoms with Crippen molar-refractivity contribution >= 4 is 33.1 Å². The molecule has 4 heteroatoms. The Balaban J connectivity index is 1.06. The molecule has 0 aliphatic carbocycles. The molecule has 1 aliphatic heterocycles. The van der Waals surface area contributed by atoms with Gasteiger partial charge in [-0.25, -0.2) is 0 Å². The van der Waals surface area contributed by atoms with E-state index in [1.54, 1.807) is 0 Å². The van der Waals surface area contributed by atoms with Crippen LogP contribution in [-0.2, 0) is 0 Å². The highest BCUT2D eigenvalue weighted by atomic mass is 16.1. The quantitative estimate of drug-likeness (QED) is 0.271. The first-order valence-electron chi connectivity index (χ1n) is 12.8. The zero-order valence-corrected chi connectivity index (χ0v) is 20.9. The van der Waals surface area contributed by atoms with Crippen molar-refractivity contribution in [3.8, 4) is 0 Å². The molecule has 0 atom stereocenters. The molecule has 1 N–H and O–H groups in total. The number of fused-ring (bicyclic) bond motifs is 2. The van der Waals surface area contributed by atoms with E-state index in [4.69, 9.17) is 0 Å². The highest BCUT2D eigenvalue weighted by Gasteiger charge is 2.18. The molecule has 0 bridgehead atoms. The SMILES string of the molecule is Cc1cccc(N2CCN(CCCCNC(=O)c3ccc4cc5ccccc5cc4c3)CC2)c1C. The average molecular weight is 466 g/mol. The minimum Gasteiger partial charge on any atom is -0.369 e. The van der Waals surface area contributed by atoms with Crippen LogP contribution in [0.5, 0.6) is 0 Å². The van der Waals surface area contributed by atoms with Crippen molar-refractivity contribution in [3.63, 3.8) is 0 Å². The van der Waals surface area contributed by atoms with Gasteiger partial charge in [0.15, 0.2) is 0 Å². The van der Waals surface area contributed by atoms with Crippen LogP contribution >= 0.6 is 0 Å². The number of carbonyl (C=O) groups excluding carboxylic acids is 1. The maximum Gasteiger partial charge on any atom is 0.251 e. The van der Waals surface area contributed by atoms with Crippen LogP contribution in [0.4, 0.5) is 5.69 Å². The number of aryl methyl sites for hydroxylation is 1. The molecule has 4 aromatic rings. The lowest BCUT2D eigenvalue weighted by atomic mass is 10.0. The standard InChI is InChI=1S/C31H35N3O/c1-23-8-7-11-30(24(23)2)34-18-16-33(17-19-34)15-6-5-14-32-31(35)28-13-12-27-20-25-9-3-4-10-26(25)21-29(27)22-28/h3-4,7-13,20-22H,5-6,14-19H2,1-2H3,(H,32,35). The topological polar surface area (TPSA) is 35.6 Å². The third-order valence-electron chi connectivity index (χ3n) is 7.44. The molecule has 0 unspecified atom stereocenters. The van der Waals surface area contributed by atoms with Crippen LogP contribution in [-0.4, -0.2) is 50.1 Å². The molecule has 1 amide bonds. The second-order valence-corrected chi connectivity index (χ2v) is 9.77. The number of unbranched alkanes of at least 4 members (excludes halogenated alkanes) is 1. The summed E-state index contributed by atoms with van der Waals surface area (Å²) in [7, 11) is 0. The molecule has 0 spiro atoms. The van der Waals surface area contributed by atoms with E-state index < -0.39 is 0 Å². The molecule has 1 fully saturated rings. The van der Waals surface area contributed by atoms with Crippen molar-refractivity contribution in [2.45, 2.75) is 26.7 Å². The highest BCUT2D eigenvalue weighted by Crippen LogP contribution is 2.25. The van der Waals surface area contributed by atoms with Gasteiger partial charge in [-0.05, 0) is 96.2 Å². The Morgan fingerprint density at radius 2 is 1.49 bits per heavy atom. The van der Waals surface area contributed by atoms with Gasteiger partial charge in [-0.2, -0.15) is 0 Å². The minimum absolute atomic E-state index is 0.0159. The summed E-state index contributed by atoms with van der Waals surface area (Å²) in [5.74, 6) is 0.0159. The van der Waals surface area contributed by atoms with Gasteiger partial charge in [0.2, 0.25) is 0 Å². The predicted molar refractivity (Wildman–Crippen MR) is 148 cm³/mol. The fourth-order valence-corrected chi connectivity index (χ4v) is 5.14. The van der Waals surface area contributed by atoms with Crippen molar-refractivity contribution in [1.82, 2.24) is 10.2 Å². The fourth-order valence-electron chi connectivity index (χ4n) is 5.14. The third kappa shape index (κ3) is 5.33. The summed E-state index contributed by atoms with van der Waals surface area (Å²) in [6.07, 6.45) is 2.11. The first-order valence-corrected chi connectivity index (χ1v) is 12.8. The molecule has 1 heterocycles. The number of amides is 1. The van der Waals surface area contributed by atoms with Gasteiger partial charge in [0, 0.05) is 44.0 Å². The lowest BCUT2D eigenvalue weighted by Gasteiger charge is -2.37. The lowest BCUT2D eigenvalue weighted by Crippen LogP contribution is -2.47. The number of carbonyl (C=O) groups is 1. The molecule has 180 valence electrons. The number of nitrogens with zero attached hydrogens (tertiary/aromatic N) is 2. The molecule has 4 aromatic carbocycles.